The van der Waals surface area contributed by atoms with Gasteiger partial charge in [-0.15, -0.1) is 23.2 Å². The van der Waals surface area contributed by atoms with Crippen LogP contribution in [0.1, 0.15) is 35.4 Å². The molecule has 2 saturated heterocycles. The molecule has 0 bridgehead atoms. The molecule has 2 aliphatic carbocycles. The van der Waals surface area contributed by atoms with Gasteiger partial charge in [0.2, 0.25) is 11.8 Å². The summed E-state index contributed by atoms with van der Waals surface area (Å²) in [7, 11) is 3.64. The highest BCUT2D eigenvalue weighted by molar-refractivity contribution is 6.53. The molecule has 0 radical (unpaired) electrons. The number of rotatable bonds is 4. The Balaban J connectivity index is 1.55. The molecular weight excluding hydrogens is 697 g/mol. The smallest absolute Gasteiger partial charge is 0.416 e. The minimum atomic E-state index is -5.25. The largest absolute Gasteiger partial charge is 0.508 e. The van der Waals surface area contributed by atoms with E-state index in [1.165, 1.54) is 32.4 Å². The third kappa shape index (κ3) is 4.52. The van der Waals surface area contributed by atoms with E-state index >= 15 is 0 Å². The lowest BCUT2D eigenvalue weighted by molar-refractivity contribution is -0.143. The van der Waals surface area contributed by atoms with E-state index in [1.54, 1.807) is 0 Å². The summed E-state index contributed by atoms with van der Waals surface area (Å²) in [5, 5.41) is 10.3. The van der Waals surface area contributed by atoms with Gasteiger partial charge in [-0.25, -0.2) is 4.90 Å². The number of nitrogens with zero attached hydrogens (tertiary/aromatic N) is 2. The molecule has 1 N–H and O–H groups in total. The summed E-state index contributed by atoms with van der Waals surface area (Å²) in [5.41, 5.74) is -4.09. The van der Waals surface area contributed by atoms with Gasteiger partial charge in [0, 0.05) is 30.7 Å². The molecule has 2 aliphatic heterocycles. The maximum absolute atomic E-state index is 14.1. The fourth-order valence-electron chi connectivity index (χ4n) is 7.59. The molecule has 3 fully saturated rings. The van der Waals surface area contributed by atoms with Gasteiger partial charge in [0.15, 0.2) is 9.75 Å². The van der Waals surface area contributed by atoms with E-state index in [2.05, 4.69) is 0 Å². The average molecular weight is 721 g/mol. The quantitative estimate of drug-likeness (QED) is 0.188. The zero-order valence-corrected chi connectivity index (χ0v) is 26.5. The number of carbonyl (C=O) groups is 4. The zero-order valence-electron chi connectivity index (χ0n) is 25.0. The third-order valence-corrected chi connectivity index (χ3v) is 11.1. The van der Waals surface area contributed by atoms with E-state index in [0.29, 0.717) is 4.90 Å². The van der Waals surface area contributed by atoms with Crippen molar-refractivity contribution in [2.75, 3.05) is 26.2 Å². The highest BCUT2D eigenvalue weighted by Crippen LogP contribution is 2.67. The number of alkyl halides is 8. The van der Waals surface area contributed by atoms with Crippen molar-refractivity contribution in [1.29, 1.82) is 0 Å². The van der Waals surface area contributed by atoms with Crippen molar-refractivity contribution in [2.24, 2.45) is 17.8 Å². The lowest BCUT2D eigenvalue weighted by Gasteiger charge is -2.51. The van der Waals surface area contributed by atoms with E-state index in [9.17, 15) is 50.6 Å². The lowest BCUT2D eigenvalue weighted by Crippen LogP contribution is -2.60. The van der Waals surface area contributed by atoms with Crippen LogP contribution >= 0.6 is 23.2 Å². The number of anilines is 1. The number of ether oxygens (including phenoxy) is 2. The molecule has 256 valence electrons. The summed E-state index contributed by atoms with van der Waals surface area (Å²) < 4.78 is 93.2. The summed E-state index contributed by atoms with van der Waals surface area (Å²) in [4.78, 5) is 51.8. The number of phenols is 1. The molecule has 2 heterocycles. The van der Waals surface area contributed by atoms with Gasteiger partial charge in [-0.3, -0.25) is 24.1 Å². The van der Waals surface area contributed by atoms with Gasteiger partial charge in [0.1, 0.15) is 17.2 Å². The predicted octanol–water partition coefficient (Wildman–Crippen LogP) is 5.64. The number of carbonyl (C=O) groups excluding carboxylic acids is 4. The first-order valence-electron chi connectivity index (χ1n) is 14.2. The Bertz CT molecular complexity index is 1770. The standard InChI is InChI=1S/C31H24Cl2F6N2O7/c1-40-26(45)28(32)11-18-16(23(29(28,33)27(40)46)22-19(47-2)9-15(42)10-20(22)48-3)4-5-17-21(18)25(44)41(24(17)43)14-7-12(30(34,35)36)6-13(8-14)31(37,38)39/h4,6-10,17-18,21,23,42H,5,11H2,1-3H3/t17-,18+,21-,23+,28+,29-/m0/s1. The molecule has 4 amide bonds. The number of methoxy groups -OCH3 is 2. The monoisotopic (exact) mass is 720 g/mol. The average Bonchev–Trinajstić information content (AvgIpc) is 3.34. The normalized spacial score (nSPS) is 30.3. The second-order valence-corrected chi connectivity index (χ2v) is 13.3. The van der Waals surface area contributed by atoms with Gasteiger partial charge in [-0.05, 0) is 37.0 Å². The second-order valence-electron chi connectivity index (χ2n) is 12.0. The molecule has 0 spiro atoms. The van der Waals surface area contributed by atoms with Gasteiger partial charge >= 0.3 is 12.4 Å². The number of likely N-dealkylation sites (tertiary alicyclic amines) is 1. The number of benzene rings is 2. The maximum Gasteiger partial charge on any atom is 0.416 e. The van der Waals surface area contributed by atoms with Crippen LogP contribution in [0, 0.1) is 17.8 Å². The maximum atomic E-state index is 14.1. The van der Waals surface area contributed by atoms with Crippen LogP contribution in [-0.2, 0) is 31.5 Å². The minimum absolute atomic E-state index is 0.0477. The summed E-state index contributed by atoms with van der Waals surface area (Å²) in [6, 6.07) is 2.82. The van der Waals surface area contributed by atoms with E-state index in [4.69, 9.17) is 32.7 Å². The Kier molecular flexibility index (Phi) is 7.60. The van der Waals surface area contributed by atoms with Crippen LogP contribution in [-0.4, -0.2) is 64.7 Å². The Labute approximate surface area is 277 Å². The highest BCUT2D eigenvalue weighted by atomic mass is 35.5. The second kappa shape index (κ2) is 10.8. The lowest BCUT2D eigenvalue weighted by atomic mass is 9.56. The van der Waals surface area contributed by atoms with E-state index in [-0.39, 0.29) is 53.0 Å². The number of hydrogen-bond acceptors (Lipinski definition) is 7. The molecule has 0 aromatic heterocycles. The first kappa shape index (κ1) is 33.9. The molecule has 4 aliphatic rings. The first-order chi connectivity index (χ1) is 22.2. The predicted molar refractivity (Wildman–Crippen MR) is 156 cm³/mol. The van der Waals surface area contributed by atoms with Gasteiger partial charge in [0.25, 0.3) is 11.8 Å². The molecule has 1 saturated carbocycles. The third-order valence-electron chi connectivity index (χ3n) is 9.66. The number of aromatic hydroxyl groups is 1. The molecule has 2 aromatic rings. The molecule has 17 heteroatoms. The van der Waals surface area contributed by atoms with Crippen LogP contribution in [0.3, 0.4) is 0 Å². The van der Waals surface area contributed by atoms with Crippen LogP contribution in [0.4, 0.5) is 32.0 Å². The summed E-state index contributed by atoms with van der Waals surface area (Å²) in [6.45, 7) is 0. The molecule has 48 heavy (non-hydrogen) atoms. The molecular formula is C31H24Cl2F6N2O7. The van der Waals surface area contributed by atoms with E-state index in [0.717, 1.165) is 11.9 Å². The SMILES string of the molecule is COc1cc(O)cc(OC)c1[C@H]1C2=CC[C@@H]3C(=O)N(c4cc(C(F)(F)F)cc(C(F)(F)F)c4)C(=O)[C@@H]3[C@@H]2C[C@@]2(Cl)C(=O)N(C)C(=O)[C@@]12Cl. The van der Waals surface area contributed by atoms with Gasteiger partial charge in [-0.2, -0.15) is 26.3 Å². The number of imide groups is 2. The number of phenolic OH excluding ortho intramolecular Hbond substituents is 1. The van der Waals surface area contributed by atoms with Crippen molar-refractivity contribution in [3.05, 3.63) is 58.7 Å². The first-order valence-corrected chi connectivity index (χ1v) is 15.0. The fourth-order valence-corrected chi connectivity index (χ4v) is 8.60. The zero-order chi connectivity index (χ0) is 35.5. The summed E-state index contributed by atoms with van der Waals surface area (Å²) in [6.07, 6.45) is -9.73. The van der Waals surface area contributed by atoms with Crippen molar-refractivity contribution in [2.45, 2.75) is 40.9 Å². The Morgan fingerprint density at radius 1 is 0.833 bits per heavy atom. The van der Waals surface area contributed by atoms with Crippen LogP contribution in [0.25, 0.3) is 0 Å². The Hall–Kier alpha value is -3.98. The van der Waals surface area contributed by atoms with Gasteiger partial charge in [-0.1, -0.05) is 11.6 Å². The van der Waals surface area contributed by atoms with Crippen molar-refractivity contribution < 1.29 is 60.1 Å². The van der Waals surface area contributed by atoms with Crippen LogP contribution in [0.2, 0.25) is 0 Å². The van der Waals surface area contributed by atoms with Crippen LogP contribution in [0.5, 0.6) is 17.2 Å². The highest BCUT2D eigenvalue weighted by Gasteiger charge is 2.76. The van der Waals surface area contributed by atoms with Crippen molar-refractivity contribution in [3.63, 3.8) is 0 Å². The van der Waals surface area contributed by atoms with Crippen molar-refractivity contribution >= 4 is 52.5 Å². The van der Waals surface area contributed by atoms with Crippen molar-refractivity contribution in [1.82, 2.24) is 4.90 Å². The molecule has 0 unspecified atom stereocenters. The van der Waals surface area contributed by atoms with Crippen LogP contribution in [0.15, 0.2) is 42.0 Å². The number of allylic oxidation sites excluding steroid dienone is 2. The van der Waals surface area contributed by atoms with Crippen molar-refractivity contribution in [3.8, 4) is 17.2 Å². The Morgan fingerprint density at radius 3 is 1.88 bits per heavy atom. The summed E-state index contributed by atoms with van der Waals surface area (Å²) in [5.74, 6) is -9.69. The molecule has 6 rings (SSSR count). The van der Waals surface area contributed by atoms with Gasteiger partial charge < -0.3 is 14.6 Å². The number of halogens is 8. The minimum Gasteiger partial charge on any atom is -0.508 e. The fraction of sp³-hybridized carbons (Fsp3) is 0.419. The van der Waals surface area contributed by atoms with Gasteiger partial charge in [0.05, 0.1) is 42.9 Å². The molecule has 6 atom stereocenters. The number of amides is 4. The molecule has 2 aromatic carbocycles. The number of hydrogen-bond donors (Lipinski definition) is 1. The topological polar surface area (TPSA) is 113 Å². The summed E-state index contributed by atoms with van der Waals surface area (Å²) >= 11 is 14.2. The van der Waals surface area contributed by atoms with E-state index in [1.807, 2.05) is 0 Å². The molecule has 9 nitrogen and oxygen atoms in total. The van der Waals surface area contributed by atoms with E-state index < -0.39 is 92.6 Å². The number of fused-ring (bicyclic) bond motifs is 4. The van der Waals surface area contributed by atoms with Crippen LogP contribution < -0.4 is 14.4 Å². The Morgan fingerprint density at radius 2 is 1.38 bits per heavy atom.